The number of nitrogens with two attached hydrogens (primary N) is 1. The van der Waals surface area contributed by atoms with Gasteiger partial charge in [-0.05, 0) is 47.8 Å². The molecular weight excluding hydrogens is 296 g/mol. The number of nitrogen functional groups attached to an aromatic ring is 1. The summed E-state index contributed by atoms with van der Waals surface area (Å²) >= 11 is 1.62. The van der Waals surface area contributed by atoms with E-state index in [-0.39, 0.29) is 11.5 Å². The molecule has 4 N–H and O–H groups in total. The molecule has 0 unspecified atom stereocenters. The molecule has 3 aromatic rings. The van der Waals surface area contributed by atoms with E-state index in [1.54, 1.807) is 60.0 Å². The Morgan fingerprint density at radius 1 is 0.909 bits per heavy atom. The minimum Gasteiger partial charge on any atom is -0.508 e. The fourth-order valence-corrected chi connectivity index (χ4v) is 2.13. The lowest BCUT2D eigenvalue weighted by Crippen LogP contribution is -1.80. The van der Waals surface area contributed by atoms with Gasteiger partial charge in [0.15, 0.2) is 0 Å². The Morgan fingerprint density at radius 3 is 2.23 bits per heavy atom. The van der Waals surface area contributed by atoms with Crippen LogP contribution in [0.15, 0.2) is 71.0 Å². The third kappa shape index (κ3) is 4.96. The second-order valence-corrected chi connectivity index (χ2v) is 5.33. The predicted molar refractivity (Wildman–Crippen MR) is 92.2 cm³/mol. The second kappa shape index (κ2) is 7.85. The molecule has 22 heavy (non-hydrogen) atoms. The predicted octanol–water partition coefficient (Wildman–Crippen LogP) is 4.18. The van der Waals surface area contributed by atoms with Crippen LogP contribution in [0.4, 0.5) is 11.4 Å². The van der Waals surface area contributed by atoms with Crippen molar-refractivity contribution in [2.75, 3.05) is 5.73 Å². The van der Waals surface area contributed by atoms with Gasteiger partial charge in [-0.2, -0.15) is 0 Å². The largest absolute Gasteiger partial charge is 0.508 e. The van der Waals surface area contributed by atoms with E-state index in [2.05, 4.69) is 4.99 Å². The highest BCUT2D eigenvalue weighted by Gasteiger charge is 1.95. The van der Waals surface area contributed by atoms with Gasteiger partial charge >= 0.3 is 0 Å². The van der Waals surface area contributed by atoms with Crippen LogP contribution in [0, 0.1) is 0 Å². The molecule has 3 rings (SSSR count). The van der Waals surface area contributed by atoms with Crippen LogP contribution in [-0.4, -0.2) is 16.4 Å². The van der Waals surface area contributed by atoms with E-state index in [1.165, 1.54) is 0 Å². The minimum absolute atomic E-state index is 0.209. The molecule has 0 aliphatic rings. The maximum atomic E-state index is 9.43. The normalized spacial score (nSPS) is 10.2. The molecule has 2 aromatic carbocycles. The Kier molecular flexibility index (Phi) is 5.57. The van der Waals surface area contributed by atoms with Crippen molar-refractivity contribution in [2.45, 2.75) is 0 Å². The number of aliphatic imine (C=N–C) groups is 1. The number of phenols is 2. The summed E-state index contributed by atoms with van der Waals surface area (Å²) < 4.78 is 0. The molecule has 4 nitrogen and oxygen atoms in total. The van der Waals surface area contributed by atoms with Crippen molar-refractivity contribution in [3.8, 4) is 11.5 Å². The molecule has 1 heterocycles. The highest BCUT2D eigenvalue weighted by atomic mass is 32.1. The van der Waals surface area contributed by atoms with Crippen LogP contribution >= 0.6 is 11.3 Å². The fourth-order valence-electron chi connectivity index (χ4n) is 1.55. The van der Waals surface area contributed by atoms with Gasteiger partial charge < -0.3 is 15.9 Å². The summed E-state index contributed by atoms with van der Waals surface area (Å²) in [6.45, 7) is 0. The van der Waals surface area contributed by atoms with Crippen LogP contribution in [0.2, 0.25) is 0 Å². The van der Waals surface area contributed by atoms with E-state index in [0.29, 0.717) is 11.4 Å². The first-order chi connectivity index (χ1) is 10.6. The zero-order chi connectivity index (χ0) is 15.8. The summed E-state index contributed by atoms with van der Waals surface area (Å²) in [6.07, 6.45) is 1.75. The van der Waals surface area contributed by atoms with Gasteiger partial charge in [0, 0.05) is 16.8 Å². The van der Waals surface area contributed by atoms with Gasteiger partial charge in [0.1, 0.15) is 17.2 Å². The highest BCUT2D eigenvalue weighted by molar-refractivity contribution is 7.11. The van der Waals surface area contributed by atoms with E-state index < -0.39 is 0 Å². The molecule has 5 heteroatoms. The van der Waals surface area contributed by atoms with Gasteiger partial charge in [-0.3, -0.25) is 4.99 Å². The lowest BCUT2D eigenvalue weighted by Gasteiger charge is -1.95. The molecule has 0 aliphatic carbocycles. The van der Waals surface area contributed by atoms with Crippen LogP contribution in [0.5, 0.6) is 11.5 Å². The van der Waals surface area contributed by atoms with Crippen LogP contribution < -0.4 is 5.73 Å². The van der Waals surface area contributed by atoms with Crippen molar-refractivity contribution in [1.82, 2.24) is 0 Å². The van der Waals surface area contributed by atoms with Crippen LogP contribution in [-0.2, 0) is 0 Å². The Morgan fingerprint density at radius 2 is 1.64 bits per heavy atom. The fraction of sp³-hybridized carbons (Fsp3) is 0. The number of benzene rings is 2. The maximum absolute atomic E-state index is 9.43. The first-order valence-corrected chi connectivity index (χ1v) is 7.43. The number of hydrogen-bond donors (Lipinski definition) is 3. The van der Waals surface area contributed by atoms with Crippen molar-refractivity contribution >= 4 is 28.9 Å². The third-order valence-corrected chi connectivity index (χ3v) is 3.46. The molecule has 0 radical (unpaired) electrons. The summed E-state index contributed by atoms with van der Waals surface area (Å²) in [5.74, 6) is 0.458. The number of anilines is 1. The van der Waals surface area contributed by atoms with E-state index in [0.717, 1.165) is 4.88 Å². The molecule has 0 saturated carbocycles. The summed E-state index contributed by atoms with van der Waals surface area (Å²) in [5, 5.41) is 20.1. The Labute approximate surface area is 132 Å². The Hall–Kier alpha value is -2.79. The molecule has 0 atom stereocenters. The van der Waals surface area contributed by atoms with Crippen molar-refractivity contribution in [2.24, 2.45) is 4.99 Å². The van der Waals surface area contributed by atoms with Crippen LogP contribution in [0.1, 0.15) is 4.88 Å². The van der Waals surface area contributed by atoms with Gasteiger partial charge in [0.25, 0.3) is 0 Å². The standard InChI is InChI=1S/C11H9NOS.C6H7NO/c13-11-6-2-1-5-10(11)12-8-9-4-3-7-14-9;7-5-1-3-6(8)4-2-5/h1-8,13H;1-4,8H,7H2/b12-8+;. The SMILES string of the molecule is Nc1ccc(O)cc1.Oc1ccccc1/N=C/c1cccs1. The molecular formula is C17H16N2O2S. The van der Waals surface area contributed by atoms with Crippen LogP contribution in [0.25, 0.3) is 0 Å². The van der Waals surface area contributed by atoms with Gasteiger partial charge in [0.05, 0.1) is 0 Å². The Bertz CT molecular complexity index is 702. The molecule has 0 fully saturated rings. The quantitative estimate of drug-likeness (QED) is 0.377. The maximum Gasteiger partial charge on any atom is 0.141 e. The van der Waals surface area contributed by atoms with Crippen molar-refractivity contribution in [1.29, 1.82) is 0 Å². The Balaban J connectivity index is 0.000000188. The topological polar surface area (TPSA) is 78.8 Å². The number of hydrogen-bond acceptors (Lipinski definition) is 5. The minimum atomic E-state index is 0.209. The number of nitrogens with zero attached hydrogens (tertiary/aromatic N) is 1. The average Bonchev–Trinajstić information content (AvgIpc) is 3.04. The van der Waals surface area contributed by atoms with E-state index in [1.807, 2.05) is 23.6 Å². The number of rotatable bonds is 2. The van der Waals surface area contributed by atoms with E-state index in [4.69, 9.17) is 10.8 Å². The van der Waals surface area contributed by atoms with Crippen molar-refractivity contribution in [3.05, 3.63) is 70.9 Å². The zero-order valence-corrected chi connectivity index (χ0v) is 12.6. The molecule has 0 spiro atoms. The van der Waals surface area contributed by atoms with Gasteiger partial charge in [-0.1, -0.05) is 18.2 Å². The smallest absolute Gasteiger partial charge is 0.141 e. The molecule has 0 amide bonds. The van der Waals surface area contributed by atoms with Gasteiger partial charge in [0.2, 0.25) is 0 Å². The summed E-state index contributed by atoms with van der Waals surface area (Å²) in [4.78, 5) is 5.26. The molecule has 0 saturated heterocycles. The summed E-state index contributed by atoms with van der Waals surface area (Å²) in [6, 6.07) is 17.4. The summed E-state index contributed by atoms with van der Waals surface area (Å²) in [5.41, 5.74) is 6.58. The number of phenolic OH excluding ortho intramolecular Hbond substituents is 2. The zero-order valence-electron chi connectivity index (χ0n) is 11.8. The molecule has 112 valence electrons. The van der Waals surface area contributed by atoms with Gasteiger partial charge in [-0.15, -0.1) is 11.3 Å². The molecule has 0 bridgehead atoms. The monoisotopic (exact) mass is 312 g/mol. The average molecular weight is 312 g/mol. The van der Waals surface area contributed by atoms with Gasteiger partial charge in [-0.25, -0.2) is 0 Å². The van der Waals surface area contributed by atoms with Crippen LogP contribution in [0.3, 0.4) is 0 Å². The molecule has 1 aromatic heterocycles. The van der Waals surface area contributed by atoms with E-state index >= 15 is 0 Å². The van der Waals surface area contributed by atoms with E-state index in [9.17, 15) is 5.11 Å². The number of aromatic hydroxyl groups is 2. The van der Waals surface area contributed by atoms with Crippen molar-refractivity contribution < 1.29 is 10.2 Å². The second-order valence-electron chi connectivity index (χ2n) is 4.35. The van der Waals surface area contributed by atoms with Crippen molar-refractivity contribution in [3.63, 3.8) is 0 Å². The third-order valence-electron chi connectivity index (χ3n) is 2.65. The molecule has 0 aliphatic heterocycles. The summed E-state index contributed by atoms with van der Waals surface area (Å²) in [7, 11) is 0. The lowest BCUT2D eigenvalue weighted by molar-refractivity contribution is 0.475. The lowest BCUT2D eigenvalue weighted by atomic mass is 10.3. The first-order valence-electron chi connectivity index (χ1n) is 6.55. The number of thiophene rings is 1. The first kappa shape index (κ1) is 15.6. The highest BCUT2D eigenvalue weighted by Crippen LogP contribution is 2.24. The number of para-hydroxylation sites is 2.